The first-order valence-corrected chi connectivity index (χ1v) is 8.82. The summed E-state index contributed by atoms with van der Waals surface area (Å²) in [5.74, 6) is 1.51. The molecule has 138 valence electrons. The molecule has 6 nitrogen and oxygen atoms in total. The van der Waals surface area contributed by atoms with Crippen LogP contribution in [-0.4, -0.2) is 22.0 Å². The van der Waals surface area contributed by atoms with Crippen molar-refractivity contribution >= 4 is 40.3 Å². The zero-order chi connectivity index (χ0) is 19.4. The zero-order valence-electron chi connectivity index (χ0n) is 14.4. The second-order valence-electron chi connectivity index (χ2n) is 5.86. The fraction of sp³-hybridized carbons (Fsp3) is 0.105. The molecule has 0 saturated heterocycles. The number of anilines is 1. The van der Waals surface area contributed by atoms with Crippen molar-refractivity contribution in [1.82, 2.24) is 4.90 Å². The molecule has 0 atom stereocenters. The Morgan fingerprint density at radius 3 is 2.44 bits per heavy atom. The predicted octanol–water partition coefficient (Wildman–Crippen LogP) is 5.34. The van der Waals surface area contributed by atoms with Crippen LogP contribution in [0.3, 0.4) is 0 Å². The average molecular weight is 402 g/mol. The van der Waals surface area contributed by atoms with Crippen LogP contribution in [0.25, 0.3) is 11.3 Å². The normalized spacial score (nSPS) is 10.4. The quantitative estimate of drug-likeness (QED) is 0.353. The van der Waals surface area contributed by atoms with E-state index < -0.39 is 4.92 Å². The SMILES string of the molecule is CN(Cc1ccc(-c2ccc(Cl)cc2)o1)C(=S)Nc1ccc([N+](=O)[O-])cc1. The van der Waals surface area contributed by atoms with Crippen molar-refractivity contribution in [3.8, 4) is 11.3 Å². The number of nitrogens with zero attached hydrogens (tertiary/aromatic N) is 2. The van der Waals surface area contributed by atoms with Gasteiger partial charge in [0.2, 0.25) is 0 Å². The number of hydrogen-bond donors (Lipinski definition) is 1. The Kier molecular flexibility index (Phi) is 5.73. The summed E-state index contributed by atoms with van der Waals surface area (Å²) in [6.45, 7) is 0.479. The van der Waals surface area contributed by atoms with Gasteiger partial charge < -0.3 is 14.6 Å². The largest absolute Gasteiger partial charge is 0.459 e. The molecule has 2 aromatic carbocycles. The number of nitro groups is 1. The van der Waals surface area contributed by atoms with Crippen LogP contribution < -0.4 is 5.32 Å². The van der Waals surface area contributed by atoms with Crippen LogP contribution in [-0.2, 0) is 6.54 Å². The van der Waals surface area contributed by atoms with Crippen molar-refractivity contribution < 1.29 is 9.34 Å². The minimum Gasteiger partial charge on any atom is -0.459 e. The molecule has 0 unspecified atom stereocenters. The van der Waals surface area contributed by atoms with Gasteiger partial charge in [0.05, 0.1) is 11.5 Å². The van der Waals surface area contributed by atoms with Gasteiger partial charge in [0.25, 0.3) is 5.69 Å². The first-order valence-electron chi connectivity index (χ1n) is 8.03. The highest BCUT2D eigenvalue weighted by Gasteiger charge is 2.11. The summed E-state index contributed by atoms with van der Waals surface area (Å²) < 4.78 is 5.88. The van der Waals surface area contributed by atoms with Gasteiger partial charge in [-0.15, -0.1) is 0 Å². The van der Waals surface area contributed by atoms with Gasteiger partial charge in [-0.3, -0.25) is 10.1 Å². The number of hydrogen-bond acceptors (Lipinski definition) is 4. The predicted molar refractivity (Wildman–Crippen MR) is 110 cm³/mol. The van der Waals surface area contributed by atoms with E-state index in [4.69, 9.17) is 28.2 Å². The Balaban J connectivity index is 1.61. The molecule has 8 heteroatoms. The van der Waals surface area contributed by atoms with E-state index in [0.29, 0.717) is 22.4 Å². The summed E-state index contributed by atoms with van der Waals surface area (Å²) in [4.78, 5) is 12.1. The number of benzene rings is 2. The lowest BCUT2D eigenvalue weighted by atomic mass is 10.2. The van der Waals surface area contributed by atoms with E-state index in [0.717, 1.165) is 17.1 Å². The van der Waals surface area contributed by atoms with E-state index in [1.54, 1.807) is 12.1 Å². The van der Waals surface area contributed by atoms with E-state index in [2.05, 4.69) is 5.32 Å². The Labute approximate surface area is 166 Å². The Bertz CT molecular complexity index is 955. The first kappa shape index (κ1) is 18.9. The zero-order valence-corrected chi connectivity index (χ0v) is 16.0. The van der Waals surface area contributed by atoms with Gasteiger partial charge in [-0.25, -0.2) is 0 Å². The highest BCUT2D eigenvalue weighted by molar-refractivity contribution is 7.80. The number of nitrogens with one attached hydrogen (secondary N) is 1. The van der Waals surface area contributed by atoms with Crippen molar-refractivity contribution in [3.05, 3.63) is 81.6 Å². The molecule has 0 aliphatic rings. The molecule has 3 aromatic rings. The number of nitro benzene ring substituents is 1. The lowest BCUT2D eigenvalue weighted by Gasteiger charge is -2.19. The standard InChI is InChI=1S/C19H16ClN3O3S/c1-22(19(27)21-15-6-8-16(9-7-15)23(24)25)12-17-10-11-18(26-17)13-2-4-14(20)5-3-13/h2-11H,12H2,1H3,(H,21,27). The second kappa shape index (κ2) is 8.20. The van der Waals surface area contributed by atoms with Crippen molar-refractivity contribution in [2.75, 3.05) is 12.4 Å². The van der Waals surface area contributed by atoms with E-state index in [-0.39, 0.29) is 5.69 Å². The molecular weight excluding hydrogens is 386 g/mol. The third-order valence-electron chi connectivity index (χ3n) is 3.86. The summed E-state index contributed by atoms with van der Waals surface area (Å²) in [5.41, 5.74) is 1.66. The summed E-state index contributed by atoms with van der Waals surface area (Å²) >= 11 is 11.3. The fourth-order valence-corrected chi connectivity index (χ4v) is 2.73. The Morgan fingerprint density at radius 2 is 1.81 bits per heavy atom. The lowest BCUT2D eigenvalue weighted by Crippen LogP contribution is -2.30. The van der Waals surface area contributed by atoms with Crippen LogP contribution in [0.2, 0.25) is 5.02 Å². The van der Waals surface area contributed by atoms with Crippen molar-refractivity contribution in [3.63, 3.8) is 0 Å². The summed E-state index contributed by atoms with van der Waals surface area (Å²) in [6.07, 6.45) is 0. The number of non-ortho nitro benzene ring substituents is 1. The molecule has 0 aliphatic heterocycles. The van der Waals surface area contributed by atoms with Gasteiger partial charge in [0.15, 0.2) is 5.11 Å². The van der Waals surface area contributed by atoms with Gasteiger partial charge in [0, 0.05) is 35.5 Å². The second-order valence-corrected chi connectivity index (χ2v) is 6.69. The van der Waals surface area contributed by atoms with E-state index >= 15 is 0 Å². The van der Waals surface area contributed by atoms with Crippen LogP contribution in [0.5, 0.6) is 0 Å². The summed E-state index contributed by atoms with van der Waals surface area (Å²) in [7, 11) is 1.84. The number of halogens is 1. The molecule has 27 heavy (non-hydrogen) atoms. The highest BCUT2D eigenvalue weighted by atomic mass is 35.5. The monoisotopic (exact) mass is 401 g/mol. The van der Waals surface area contributed by atoms with Gasteiger partial charge in [-0.2, -0.15) is 0 Å². The maximum atomic E-state index is 10.7. The molecule has 1 heterocycles. The summed E-state index contributed by atoms with van der Waals surface area (Å²) in [5, 5.41) is 14.9. The number of thiocarbonyl (C=S) groups is 1. The van der Waals surface area contributed by atoms with Crippen LogP contribution in [0.15, 0.2) is 65.1 Å². The van der Waals surface area contributed by atoms with Crippen LogP contribution in [0, 0.1) is 10.1 Å². The maximum absolute atomic E-state index is 10.7. The molecule has 0 spiro atoms. The van der Waals surface area contributed by atoms with Crippen LogP contribution in [0.4, 0.5) is 11.4 Å². The third-order valence-corrected chi connectivity index (χ3v) is 4.53. The molecule has 0 fully saturated rings. The topological polar surface area (TPSA) is 71.5 Å². The van der Waals surface area contributed by atoms with Gasteiger partial charge in [0.1, 0.15) is 11.5 Å². The molecule has 0 saturated carbocycles. The molecule has 3 rings (SSSR count). The minimum absolute atomic E-state index is 0.0325. The number of furan rings is 1. The lowest BCUT2D eigenvalue weighted by molar-refractivity contribution is -0.384. The molecule has 1 N–H and O–H groups in total. The minimum atomic E-state index is -0.441. The molecule has 0 aliphatic carbocycles. The van der Waals surface area contributed by atoms with Gasteiger partial charge in [-0.1, -0.05) is 11.6 Å². The van der Waals surface area contributed by atoms with E-state index in [9.17, 15) is 10.1 Å². The third kappa shape index (κ3) is 4.84. The molecule has 0 amide bonds. The van der Waals surface area contributed by atoms with E-state index in [1.807, 2.05) is 48.3 Å². The van der Waals surface area contributed by atoms with Crippen molar-refractivity contribution in [1.29, 1.82) is 0 Å². The van der Waals surface area contributed by atoms with Gasteiger partial charge in [-0.05, 0) is 60.7 Å². The molecule has 0 bridgehead atoms. The Hall–Kier alpha value is -2.90. The van der Waals surface area contributed by atoms with Crippen LogP contribution in [0.1, 0.15) is 5.76 Å². The van der Waals surface area contributed by atoms with E-state index in [1.165, 1.54) is 12.1 Å². The van der Waals surface area contributed by atoms with Crippen molar-refractivity contribution in [2.45, 2.75) is 6.54 Å². The fourth-order valence-electron chi connectivity index (χ4n) is 2.42. The summed E-state index contributed by atoms with van der Waals surface area (Å²) in [6, 6.07) is 17.3. The maximum Gasteiger partial charge on any atom is 0.269 e. The molecular formula is C19H16ClN3O3S. The smallest absolute Gasteiger partial charge is 0.269 e. The molecule has 1 aromatic heterocycles. The Morgan fingerprint density at radius 1 is 1.15 bits per heavy atom. The molecule has 0 radical (unpaired) electrons. The highest BCUT2D eigenvalue weighted by Crippen LogP contribution is 2.24. The van der Waals surface area contributed by atoms with Crippen LogP contribution >= 0.6 is 23.8 Å². The first-order chi connectivity index (χ1) is 12.9. The van der Waals surface area contributed by atoms with Crippen molar-refractivity contribution in [2.24, 2.45) is 0 Å². The average Bonchev–Trinajstić information content (AvgIpc) is 3.11. The number of rotatable bonds is 5. The van der Waals surface area contributed by atoms with Gasteiger partial charge >= 0.3 is 0 Å².